The summed E-state index contributed by atoms with van der Waals surface area (Å²) in [5, 5.41) is 6.33. The molecule has 1 aliphatic heterocycles. The highest BCUT2D eigenvalue weighted by molar-refractivity contribution is 5.91. The lowest BCUT2D eigenvalue weighted by Gasteiger charge is -2.19. The number of nitrogens with one attached hydrogen (secondary N) is 1. The molecule has 3 N–H and O–H groups in total. The highest BCUT2D eigenvalue weighted by atomic mass is 16.2. The van der Waals surface area contributed by atoms with Gasteiger partial charge in [-0.05, 0) is 19.1 Å². The van der Waals surface area contributed by atoms with Crippen molar-refractivity contribution in [3.8, 4) is 11.3 Å². The molecule has 120 valence electrons. The number of hydrogen-bond donors (Lipinski definition) is 2. The molecule has 0 aliphatic carbocycles. The van der Waals surface area contributed by atoms with Crippen molar-refractivity contribution in [2.75, 3.05) is 5.73 Å². The van der Waals surface area contributed by atoms with Crippen LogP contribution in [0.15, 0.2) is 30.9 Å². The molecule has 0 fully saturated rings. The van der Waals surface area contributed by atoms with Crippen LogP contribution in [0.25, 0.3) is 11.3 Å². The summed E-state index contributed by atoms with van der Waals surface area (Å²) in [6.45, 7) is 2.29. The Hall–Kier alpha value is -3.36. The predicted molar refractivity (Wildman–Crippen MR) is 84.3 cm³/mol. The minimum absolute atomic E-state index is 0.182. The van der Waals surface area contributed by atoms with Crippen molar-refractivity contribution in [3.05, 3.63) is 47.9 Å². The monoisotopic (exact) mass is 322 g/mol. The van der Waals surface area contributed by atoms with E-state index in [1.54, 1.807) is 17.3 Å². The van der Waals surface area contributed by atoms with Gasteiger partial charge in [-0.1, -0.05) is 0 Å². The number of pyridine rings is 1. The van der Waals surface area contributed by atoms with Crippen molar-refractivity contribution < 1.29 is 4.79 Å². The lowest BCUT2D eigenvalue weighted by Crippen LogP contribution is -2.29. The van der Waals surface area contributed by atoms with E-state index < -0.39 is 0 Å². The van der Waals surface area contributed by atoms with Crippen LogP contribution in [0.1, 0.15) is 34.8 Å². The Morgan fingerprint density at radius 1 is 1.33 bits per heavy atom. The third-order valence-corrected chi connectivity index (χ3v) is 4.08. The minimum atomic E-state index is -0.239. The van der Waals surface area contributed by atoms with Gasteiger partial charge in [0.1, 0.15) is 6.33 Å². The molecule has 0 saturated heterocycles. The van der Waals surface area contributed by atoms with E-state index in [1.807, 2.05) is 19.1 Å². The molecule has 9 nitrogen and oxygen atoms in total. The molecule has 1 aliphatic rings. The van der Waals surface area contributed by atoms with Crippen LogP contribution < -0.4 is 5.73 Å². The van der Waals surface area contributed by atoms with E-state index in [4.69, 9.17) is 5.73 Å². The van der Waals surface area contributed by atoms with E-state index in [2.05, 4.69) is 30.1 Å². The topological polar surface area (TPSA) is 127 Å². The van der Waals surface area contributed by atoms with Gasteiger partial charge in [0.2, 0.25) is 11.8 Å². The Bertz CT molecular complexity index is 893. The summed E-state index contributed by atoms with van der Waals surface area (Å²) in [4.78, 5) is 31.0. The first-order valence-electron chi connectivity index (χ1n) is 7.38. The van der Waals surface area contributed by atoms with E-state index in [9.17, 15) is 4.79 Å². The van der Waals surface area contributed by atoms with Gasteiger partial charge in [-0.2, -0.15) is 5.10 Å². The highest BCUT2D eigenvalue weighted by Crippen LogP contribution is 2.37. The van der Waals surface area contributed by atoms with Gasteiger partial charge in [0, 0.05) is 23.5 Å². The van der Waals surface area contributed by atoms with Gasteiger partial charge >= 0.3 is 0 Å². The molecule has 0 spiro atoms. The van der Waals surface area contributed by atoms with E-state index in [0.717, 1.165) is 22.5 Å². The zero-order valence-corrected chi connectivity index (χ0v) is 12.8. The van der Waals surface area contributed by atoms with Gasteiger partial charge in [-0.15, -0.1) is 0 Å². The molecule has 3 aromatic rings. The largest absolute Gasteiger partial charge is 0.368 e. The van der Waals surface area contributed by atoms with Crippen molar-refractivity contribution in [2.45, 2.75) is 19.5 Å². The van der Waals surface area contributed by atoms with Gasteiger partial charge in [0.05, 0.1) is 24.0 Å². The molecule has 0 unspecified atom stereocenters. The number of nitrogens with two attached hydrogens (primary N) is 1. The maximum absolute atomic E-state index is 12.6. The molecular weight excluding hydrogens is 308 g/mol. The number of aromatic amines is 1. The predicted octanol–water partition coefficient (Wildman–Crippen LogP) is 0.956. The Balaban J connectivity index is 1.78. The number of nitrogens with zero attached hydrogens (tertiary/aromatic N) is 6. The fourth-order valence-electron chi connectivity index (χ4n) is 2.92. The Labute approximate surface area is 137 Å². The van der Waals surface area contributed by atoms with Crippen LogP contribution in [0.5, 0.6) is 0 Å². The van der Waals surface area contributed by atoms with E-state index >= 15 is 0 Å². The Morgan fingerprint density at radius 2 is 2.12 bits per heavy atom. The van der Waals surface area contributed by atoms with Crippen molar-refractivity contribution in [3.63, 3.8) is 0 Å². The number of amides is 1. The Kier molecular flexibility index (Phi) is 3.19. The van der Waals surface area contributed by atoms with E-state index in [-0.39, 0.29) is 23.7 Å². The van der Waals surface area contributed by atoms with Crippen LogP contribution in [0.4, 0.5) is 5.95 Å². The molecule has 0 aromatic carbocycles. The number of nitrogen functional groups attached to an aromatic ring is 1. The number of carbonyl (C=O) groups is 1. The fraction of sp³-hybridized carbons (Fsp3) is 0.200. The molecule has 0 radical (unpaired) electrons. The van der Waals surface area contributed by atoms with E-state index in [1.165, 1.54) is 6.33 Å². The fourth-order valence-corrected chi connectivity index (χ4v) is 2.92. The first-order valence-corrected chi connectivity index (χ1v) is 7.38. The van der Waals surface area contributed by atoms with E-state index in [0.29, 0.717) is 6.54 Å². The summed E-state index contributed by atoms with van der Waals surface area (Å²) < 4.78 is 0. The first-order chi connectivity index (χ1) is 11.6. The number of aromatic nitrogens is 6. The van der Waals surface area contributed by atoms with Crippen molar-refractivity contribution >= 4 is 11.9 Å². The summed E-state index contributed by atoms with van der Waals surface area (Å²) >= 11 is 0. The second kappa shape index (κ2) is 5.37. The van der Waals surface area contributed by atoms with Crippen LogP contribution >= 0.6 is 0 Å². The third kappa shape index (κ3) is 2.18. The van der Waals surface area contributed by atoms with Gasteiger partial charge in [-0.3, -0.25) is 14.9 Å². The number of anilines is 1. The highest BCUT2D eigenvalue weighted by Gasteiger charge is 2.36. The smallest absolute Gasteiger partial charge is 0.292 e. The molecule has 24 heavy (non-hydrogen) atoms. The second-order valence-electron chi connectivity index (χ2n) is 5.47. The van der Waals surface area contributed by atoms with Crippen molar-refractivity contribution in [2.24, 2.45) is 0 Å². The quantitative estimate of drug-likeness (QED) is 0.719. The zero-order valence-electron chi connectivity index (χ0n) is 12.8. The summed E-state index contributed by atoms with van der Waals surface area (Å²) in [7, 11) is 0. The molecule has 4 heterocycles. The maximum atomic E-state index is 12.6. The maximum Gasteiger partial charge on any atom is 0.292 e. The number of H-pyrrole nitrogens is 1. The second-order valence-corrected chi connectivity index (χ2v) is 5.47. The summed E-state index contributed by atoms with van der Waals surface area (Å²) in [5.74, 6) is 0.139. The van der Waals surface area contributed by atoms with Crippen LogP contribution in [0.3, 0.4) is 0 Å². The molecule has 9 heteroatoms. The number of fused-ring (bicyclic) bond motifs is 1. The standard InChI is InChI=1S/C15H14N8O/c1-8-11-10(6-23(8)14(24)13-18-7-19-22-13)12(21-15(16)20-11)9-2-4-17-5-3-9/h2-5,7-8H,6H2,1H3,(H2,16,20,21)(H,18,19,22)/t8-/m1/s1. The average molecular weight is 322 g/mol. The zero-order chi connectivity index (χ0) is 16.7. The summed E-state index contributed by atoms with van der Waals surface area (Å²) in [6, 6.07) is 3.48. The van der Waals surface area contributed by atoms with Gasteiger partial charge in [0.15, 0.2) is 0 Å². The van der Waals surface area contributed by atoms with Crippen LogP contribution in [-0.4, -0.2) is 40.9 Å². The number of carbonyl (C=O) groups excluding carboxylic acids is 1. The molecule has 4 rings (SSSR count). The van der Waals surface area contributed by atoms with Crippen LogP contribution in [-0.2, 0) is 6.54 Å². The van der Waals surface area contributed by atoms with Crippen LogP contribution in [0.2, 0.25) is 0 Å². The lowest BCUT2D eigenvalue weighted by molar-refractivity contribution is 0.0691. The third-order valence-electron chi connectivity index (χ3n) is 4.08. The molecule has 1 amide bonds. The van der Waals surface area contributed by atoms with Gasteiger partial charge < -0.3 is 10.6 Å². The minimum Gasteiger partial charge on any atom is -0.368 e. The molecule has 1 atom stereocenters. The van der Waals surface area contributed by atoms with Gasteiger partial charge in [0.25, 0.3) is 5.91 Å². The molecule has 0 bridgehead atoms. The lowest BCUT2D eigenvalue weighted by atomic mass is 10.1. The first kappa shape index (κ1) is 14.2. The average Bonchev–Trinajstić information content (AvgIpc) is 3.24. The number of rotatable bonds is 2. The van der Waals surface area contributed by atoms with Crippen molar-refractivity contribution in [1.82, 2.24) is 35.0 Å². The van der Waals surface area contributed by atoms with Gasteiger partial charge in [-0.25, -0.2) is 15.0 Å². The Morgan fingerprint density at radius 3 is 2.83 bits per heavy atom. The molecule has 3 aromatic heterocycles. The molecular formula is C15H14N8O. The van der Waals surface area contributed by atoms with Crippen molar-refractivity contribution in [1.29, 1.82) is 0 Å². The summed E-state index contributed by atoms with van der Waals surface area (Å²) in [6.07, 6.45) is 4.69. The van der Waals surface area contributed by atoms with Crippen LogP contribution in [0, 0.1) is 0 Å². The number of hydrogen-bond acceptors (Lipinski definition) is 7. The SMILES string of the molecule is C[C@@H]1c2nc(N)nc(-c3ccncc3)c2CN1C(=O)c1ncn[nH]1. The summed E-state index contributed by atoms with van der Waals surface area (Å²) in [5.41, 5.74) is 9.12. The normalized spacial score (nSPS) is 16.2. The molecule has 0 saturated carbocycles.